The van der Waals surface area contributed by atoms with Crippen LogP contribution in [0, 0.1) is 0 Å². The summed E-state index contributed by atoms with van der Waals surface area (Å²) in [5.74, 6) is 3.59. The molecule has 2 aliphatic heterocycles. The topological polar surface area (TPSA) is 51.4 Å². The van der Waals surface area contributed by atoms with Crippen LogP contribution in [0.15, 0.2) is 194 Å². The van der Waals surface area contributed by atoms with E-state index in [4.69, 9.17) is 14.7 Å². The van der Waals surface area contributed by atoms with E-state index in [9.17, 15) is 0 Å². The van der Waals surface area contributed by atoms with Crippen LogP contribution >= 0.6 is 0 Å². The van der Waals surface area contributed by atoms with Crippen molar-refractivity contribution in [3.05, 3.63) is 211 Å². The van der Waals surface area contributed by atoms with Crippen molar-refractivity contribution in [3.63, 3.8) is 0 Å². The Morgan fingerprint density at radius 3 is 1.96 bits per heavy atom. The summed E-state index contributed by atoms with van der Waals surface area (Å²) in [5.41, 5.74) is 18.5. The van der Waals surface area contributed by atoms with Crippen molar-refractivity contribution >= 4 is 55.6 Å². The van der Waals surface area contributed by atoms with E-state index >= 15 is 0 Å². The minimum atomic E-state index is -0.0319. The minimum Gasteiger partial charge on any atom is -0.457 e. The van der Waals surface area contributed by atoms with Gasteiger partial charge in [-0.15, -0.1) is 0 Å². The zero-order valence-electron chi connectivity index (χ0n) is 43.1. The van der Waals surface area contributed by atoms with Crippen molar-refractivity contribution in [2.24, 2.45) is 0 Å². The van der Waals surface area contributed by atoms with Crippen LogP contribution in [0.4, 0.5) is 22.7 Å². The van der Waals surface area contributed by atoms with Crippen LogP contribution in [0.25, 0.3) is 72.0 Å². The van der Waals surface area contributed by atoms with E-state index < -0.39 is 0 Å². The molecule has 0 radical (unpaired) electrons. The third kappa shape index (κ3) is 8.08. The summed E-state index contributed by atoms with van der Waals surface area (Å²) in [6.07, 6.45) is 5.27. The van der Waals surface area contributed by atoms with Crippen LogP contribution in [-0.4, -0.2) is 25.8 Å². The van der Waals surface area contributed by atoms with Crippen molar-refractivity contribution < 1.29 is 4.74 Å². The molecule has 0 bridgehead atoms. The maximum Gasteiger partial charge on any atom is 0.137 e. The molecule has 11 aromatic rings. The van der Waals surface area contributed by atoms with E-state index in [1.54, 1.807) is 0 Å². The largest absolute Gasteiger partial charge is 0.457 e. The number of hydrogen-bond donors (Lipinski definition) is 0. The molecule has 0 unspecified atom stereocenters. The molecule has 5 heterocycles. The summed E-state index contributed by atoms with van der Waals surface area (Å²) < 4.78 is 11.7. The fraction of sp³-hybridized carbons (Fsp3) is 0.194. The second-order valence-corrected chi connectivity index (χ2v) is 22.3. The van der Waals surface area contributed by atoms with Crippen LogP contribution in [0.2, 0.25) is 0 Å². The lowest BCUT2D eigenvalue weighted by Crippen LogP contribution is -2.24. The third-order valence-electron chi connectivity index (χ3n) is 15.3. The van der Waals surface area contributed by atoms with E-state index in [0.29, 0.717) is 6.67 Å². The Balaban J connectivity index is 0.922. The van der Waals surface area contributed by atoms with Gasteiger partial charge in [0.1, 0.15) is 29.8 Å². The highest BCUT2D eigenvalue weighted by Crippen LogP contribution is 2.50. The van der Waals surface area contributed by atoms with Gasteiger partial charge >= 0.3 is 0 Å². The van der Waals surface area contributed by atoms with Gasteiger partial charge in [-0.3, -0.25) is 4.57 Å². The Hall–Kier alpha value is -8.42. The lowest BCUT2D eigenvalue weighted by Gasteiger charge is -2.25. The van der Waals surface area contributed by atoms with Gasteiger partial charge in [0, 0.05) is 53.3 Å². The highest BCUT2D eigenvalue weighted by Gasteiger charge is 2.33. The van der Waals surface area contributed by atoms with Gasteiger partial charge in [-0.25, -0.2) is 9.97 Å². The van der Waals surface area contributed by atoms with Crippen molar-refractivity contribution in [2.45, 2.75) is 78.2 Å². The molecular weight excluding hydrogens is 905 g/mol. The summed E-state index contributed by atoms with van der Waals surface area (Å²) in [4.78, 5) is 15.2. The lowest BCUT2D eigenvalue weighted by molar-refractivity contribution is 0.483. The van der Waals surface area contributed by atoms with Gasteiger partial charge in [-0.2, -0.15) is 0 Å². The van der Waals surface area contributed by atoms with Crippen LogP contribution < -0.4 is 14.5 Å². The zero-order chi connectivity index (χ0) is 50.3. The number of nitrogens with zero attached hydrogens (tertiary/aromatic N) is 6. The number of anilines is 4. The van der Waals surface area contributed by atoms with E-state index in [-0.39, 0.29) is 10.8 Å². The molecule has 74 heavy (non-hydrogen) atoms. The number of imidazole rings is 1. The average Bonchev–Trinajstić information content (AvgIpc) is 4.09. The fourth-order valence-electron chi connectivity index (χ4n) is 11.3. The first-order valence-corrected chi connectivity index (χ1v) is 26.2. The summed E-state index contributed by atoms with van der Waals surface area (Å²) in [6.45, 7) is 15.2. The number of benzene rings is 8. The van der Waals surface area contributed by atoms with Crippen LogP contribution in [0.3, 0.4) is 0 Å². The SMILES string of the molecule is CC(C)(C)c1ccnc(-n2c3ccc(C(C)(C)C)cc3c3ccc(Oc4cccc(N5CN(c6ccc(-c7ccccc7)cc6-c6cccc(-c7ccccc7)c6)c6cc7c(cc65)nc5n7CCCC5)c4)cc32)c1. The molecule has 0 aliphatic carbocycles. The van der Waals surface area contributed by atoms with Crippen molar-refractivity contribution in [1.82, 2.24) is 19.1 Å². The molecule has 364 valence electrons. The van der Waals surface area contributed by atoms with Gasteiger partial charge < -0.3 is 19.1 Å². The Labute approximate surface area is 434 Å². The minimum absolute atomic E-state index is 0.00181. The highest BCUT2D eigenvalue weighted by atomic mass is 16.5. The molecule has 0 N–H and O–H groups in total. The molecule has 7 nitrogen and oxygen atoms in total. The van der Waals surface area contributed by atoms with Gasteiger partial charge in [-0.05, 0) is 141 Å². The Morgan fingerprint density at radius 1 is 0.473 bits per heavy atom. The van der Waals surface area contributed by atoms with Crippen molar-refractivity contribution in [1.29, 1.82) is 0 Å². The Morgan fingerprint density at radius 2 is 1.18 bits per heavy atom. The molecule has 0 fully saturated rings. The number of hydrogen-bond acceptors (Lipinski definition) is 5. The molecular formula is C67H60N6O. The summed E-state index contributed by atoms with van der Waals surface area (Å²) in [5, 5.41) is 2.37. The van der Waals surface area contributed by atoms with E-state index in [1.807, 2.05) is 6.20 Å². The van der Waals surface area contributed by atoms with Gasteiger partial charge in [0.25, 0.3) is 0 Å². The Bertz CT molecular complexity index is 3950. The summed E-state index contributed by atoms with van der Waals surface area (Å²) in [6, 6.07) is 68.4. The quantitative estimate of drug-likeness (QED) is 0.152. The molecule has 3 aromatic heterocycles. The standard InChI is InChI=1S/C67H60N6O/c1-66(2,3)49-27-31-59-56(37-49)54-29-28-53(40-60(54)73(59)65-38-50(32-33-68-65)67(4,5)6)74-52-24-16-23-51(39-52)71-43-72(63-42-61-57(41-62(63)71)69-64-25-13-14-34-70(61)64)58-30-26-47(45-19-11-8-12-20-45)36-55(58)48-22-15-21-46(35-48)44-17-9-7-10-18-44/h7-12,15-24,26-33,35-42H,13-14,25,34,43H2,1-6H3. The normalized spacial score (nSPS) is 13.8. The number of rotatable bonds is 8. The van der Waals surface area contributed by atoms with Gasteiger partial charge in [-0.1, -0.05) is 139 Å². The predicted octanol–water partition coefficient (Wildman–Crippen LogP) is 17.5. The number of pyridine rings is 1. The maximum atomic E-state index is 6.94. The van der Waals surface area contributed by atoms with Gasteiger partial charge in [0.2, 0.25) is 0 Å². The number of aryl methyl sites for hydroxylation is 2. The third-order valence-corrected chi connectivity index (χ3v) is 15.3. The van der Waals surface area contributed by atoms with Crippen LogP contribution in [0.1, 0.15) is 71.3 Å². The molecule has 2 aliphatic rings. The summed E-state index contributed by atoms with van der Waals surface area (Å²) >= 11 is 0. The average molecular weight is 965 g/mol. The lowest BCUT2D eigenvalue weighted by atomic mass is 9.86. The second-order valence-electron chi connectivity index (χ2n) is 22.3. The smallest absolute Gasteiger partial charge is 0.137 e. The van der Waals surface area contributed by atoms with E-state index in [0.717, 1.165) is 76.0 Å². The highest BCUT2D eigenvalue weighted by molar-refractivity contribution is 6.10. The number of fused-ring (bicyclic) bond motifs is 7. The van der Waals surface area contributed by atoms with Gasteiger partial charge in [0.05, 0.1) is 39.1 Å². The van der Waals surface area contributed by atoms with Gasteiger partial charge in [0.15, 0.2) is 0 Å². The first-order chi connectivity index (χ1) is 35.9. The molecule has 0 spiro atoms. The number of ether oxygens (including phenoxy) is 1. The Kier molecular flexibility index (Phi) is 10.8. The maximum absolute atomic E-state index is 6.94. The van der Waals surface area contributed by atoms with Crippen molar-refractivity contribution in [2.75, 3.05) is 16.5 Å². The van der Waals surface area contributed by atoms with Crippen molar-refractivity contribution in [3.8, 4) is 50.7 Å². The summed E-state index contributed by atoms with van der Waals surface area (Å²) in [7, 11) is 0. The first kappa shape index (κ1) is 45.4. The molecule has 13 rings (SSSR count). The molecule has 7 heteroatoms. The molecule has 0 atom stereocenters. The van der Waals surface area contributed by atoms with Crippen LogP contribution in [0.5, 0.6) is 11.5 Å². The fourth-order valence-corrected chi connectivity index (χ4v) is 11.3. The number of aromatic nitrogens is 4. The molecule has 0 amide bonds. The monoisotopic (exact) mass is 964 g/mol. The first-order valence-electron chi connectivity index (χ1n) is 26.2. The molecule has 0 saturated heterocycles. The van der Waals surface area contributed by atoms with E-state index in [2.05, 4.69) is 249 Å². The predicted molar refractivity (Wildman–Crippen MR) is 307 cm³/mol. The molecule has 8 aromatic carbocycles. The van der Waals surface area contributed by atoms with Crippen LogP contribution in [-0.2, 0) is 23.8 Å². The second kappa shape index (κ2) is 17.7. The zero-order valence-corrected chi connectivity index (χ0v) is 43.1. The van der Waals surface area contributed by atoms with E-state index in [1.165, 1.54) is 73.0 Å². The molecule has 0 saturated carbocycles.